The standard InChI is InChI=1S/C16H17BrN2O2S/c1-13-4-10-16(11-5-13)22(20,21)19-18-12-2-3-14-6-8-15(17)9-7-14/h4-12,19H,2-3H2,1H3/b18-12+. The minimum Gasteiger partial charge on any atom is -0.200 e. The number of benzene rings is 2. The third-order valence-corrected chi connectivity index (χ3v) is 4.84. The number of nitrogens with one attached hydrogen (secondary N) is 1. The van der Waals surface area contributed by atoms with Crippen molar-refractivity contribution < 1.29 is 8.42 Å². The van der Waals surface area contributed by atoms with Crippen LogP contribution in [0.4, 0.5) is 0 Å². The first-order valence-corrected chi connectivity index (χ1v) is 9.09. The average molecular weight is 381 g/mol. The highest BCUT2D eigenvalue weighted by atomic mass is 79.9. The Balaban J connectivity index is 1.86. The van der Waals surface area contributed by atoms with Crippen molar-refractivity contribution in [1.82, 2.24) is 4.83 Å². The summed E-state index contributed by atoms with van der Waals surface area (Å²) in [6.45, 7) is 1.91. The van der Waals surface area contributed by atoms with Crippen molar-refractivity contribution in [3.05, 3.63) is 64.1 Å². The number of nitrogens with zero attached hydrogens (tertiary/aromatic N) is 1. The highest BCUT2D eigenvalue weighted by Crippen LogP contribution is 2.12. The van der Waals surface area contributed by atoms with Crippen LogP contribution in [-0.4, -0.2) is 14.6 Å². The fourth-order valence-electron chi connectivity index (χ4n) is 1.82. The largest absolute Gasteiger partial charge is 0.276 e. The number of hydrazone groups is 1. The van der Waals surface area contributed by atoms with E-state index >= 15 is 0 Å². The molecule has 22 heavy (non-hydrogen) atoms. The molecule has 0 aliphatic rings. The molecule has 0 aliphatic carbocycles. The summed E-state index contributed by atoms with van der Waals surface area (Å²) in [6, 6.07) is 14.6. The Morgan fingerprint density at radius 3 is 2.36 bits per heavy atom. The summed E-state index contributed by atoms with van der Waals surface area (Å²) in [5.74, 6) is 0. The van der Waals surface area contributed by atoms with Gasteiger partial charge in [0, 0.05) is 10.7 Å². The summed E-state index contributed by atoms with van der Waals surface area (Å²) >= 11 is 3.38. The lowest BCUT2D eigenvalue weighted by atomic mass is 10.1. The first-order chi connectivity index (χ1) is 10.5. The maximum Gasteiger partial charge on any atom is 0.276 e. The van der Waals surface area contributed by atoms with Crippen LogP contribution in [-0.2, 0) is 16.4 Å². The van der Waals surface area contributed by atoms with Gasteiger partial charge in [-0.3, -0.25) is 0 Å². The van der Waals surface area contributed by atoms with Crippen LogP contribution in [0.2, 0.25) is 0 Å². The lowest BCUT2D eigenvalue weighted by Gasteiger charge is -2.03. The Morgan fingerprint density at radius 2 is 1.73 bits per heavy atom. The molecule has 1 N–H and O–H groups in total. The molecule has 0 radical (unpaired) electrons. The number of aryl methyl sites for hydroxylation is 2. The normalized spacial score (nSPS) is 11.7. The number of rotatable bonds is 6. The van der Waals surface area contributed by atoms with Gasteiger partial charge in [-0.1, -0.05) is 45.8 Å². The molecular formula is C16H17BrN2O2S. The van der Waals surface area contributed by atoms with Crippen molar-refractivity contribution >= 4 is 32.2 Å². The maximum absolute atomic E-state index is 12.0. The molecule has 0 aliphatic heterocycles. The summed E-state index contributed by atoms with van der Waals surface area (Å²) in [4.78, 5) is 2.44. The minimum atomic E-state index is -3.58. The second-order valence-electron chi connectivity index (χ2n) is 4.88. The molecule has 2 aromatic carbocycles. The lowest BCUT2D eigenvalue weighted by molar-refractivity contribution is 0.584. The molecule has 0 bridgehead atoms. The van der Waals surface area contributed by atoms with Gasteiger partial charge in [0.15, 0.2) is 0 Å². The molecule has 4 nitrogen and oxygen atoms in total. The molecule has 0 fully saturated rings. The monoisotopic (exact) mass is 380 g/mol. The van der Waals surface area contributed by atoms with Crippen LogP contribution in [0.5, 0.6) is 0 Å². The summed E-state index contributed by atoms with van der Waals surface area (Å²) in [5, 5.41) is 3.80. The predicted molar refractivity (Wildman–Crippen MR) is 92.5 cm³/mol. The quantitative estimate of drug-likeness (QED) is 0.613. The molecular weight excluding hydrogens is 364 g/mol. The third kappa shape index (κ3) is 4.96. The van der Waals surface area contributed by atoms with Gasteiger partial charge in [0.25, 0.3) is 10.0 Å². The van der Waals surface area contributed by atoms with Gasteiger partial charge in [0.1, 0.15) is 0 Å². The summed E-state index contributed by atoms with van der Waals surface area (Å²) in [6.07, 6.45) is 3.05. The topological polar surface area (TPSA) is 58.5 Å². The number of hydrogen-bond donors (Lipinski definition) is 1. The van der Waals surface area contributed by atoms with Gasteiger partial charge in [-0.2, -0.15) is 13.5 Å². The van der Waals surface area contributed by atoms with Gasteiger partial charge in [-0.05, 0) is 49.6 Å². The van der Waals surface area contributed by atoms with Gasteiger partial charge in [-0.25, -0.2) is 4.83 Å². The molecule has 0 unspecified atom stereocenters. The molecule has 0 aromatic heterocycles. The molecule has 6 heteroatoms. The van der Waals surface area contributed by atoms with E-state index in [4.69, 9.17) is 0 Å². The predicted octanol–water partition coefficient (Wildman–Crippen LogP) is 3.65. The molecule has 116 valence electrons. The molecule has 2 aromatic rings. The first kappa shape index (κ1) is 16.7. The Hall–Kier alpha value is -1.66. The van der Waals surface area contributed by atoms with Crippen LogP contribution in [0.25, 0.3) is 0 Å². The van der Waals surface area contributed by atoms with Crippen LogP contribution >= 0.6 is 15.9 Å². The van der Waals surface area contributed by atoms with Crippen LogP contribution < -0.4 is 4.83 Å². The van der Waals surface area contributed by atoms with E-state index < -0.39 is 10.0 Å². The van der Waals surface area contributed by atoms with Crippen molar-refractivity contribution in [2.75, 3.05) is 0 Å². The highest BCUT2D eigenvalue weighted by molar-refractivity contribution is 9.10. The molecule has 0 heterocycles. The van der Waals surface area contributed by atoms with E-state index in [0.717, 1.165) is 16.5 Å². The highest BCUT2D eigenvalue weighted by Gasteiger charge is 2.11. The number of halogens is 1. The Kier molecular flexibility index (Phi) is 5.74. The van der Waals surface area contributed by atoms with Gasteiger partial charge >= 0.3 is 0 Å². The molecule has 0 spiro atoms. The minimum absolute atomic E-state index is 0.211. The van der Waals surface area contributed by atoms with E-state index in [9.17, 15) is 8.42 Å². The first-order valence-electron chi connectivity index (χ1n) is 6.82. The molecule has 0 atom stereocenters. The Labute approximate surface area is 139 Å². The Bertz CT molecular complexity index is 739. The van der Waals surface area contributed by atoms with Gasteiger partial charge in [-0.15, -0.1) is 0 Å². The van der Waals surface area contributed by atoms with Crippen molar-refractivity contribution in [3.63, 3.8) is 0 Å². The average Bonchev–Trinajstić information content (AvgIpc) is 2.49. The Morgan fingerprint density at radius 1 is 1.09 bits per heavy atom. The van der Waals surface area contributed by atoms with E-state index in [1.54, 1.807) is 30.5 Å². The fraction of sp³-hybridized carbons (Fsp3) is 0.188. The van der Waals surface area contributed by atoms with Crippen molar-refractivity contribution in [2.45, 2.75) is 24.7 Å². The summed E-state index contributed by atoms with van der Waals surface area (Å²) < 4.78 is 25.0. The summed E-state index contributed by atoms with van der Waals surface area (Å²) in [7, 11) is -3.58. The zero-order chi connectivity index (χ0) is 16.0. The van der Waals surface area contributed by atoms with E-state index in [0.29, 0.717) is 6.42 Å². The van der Waals surface area contributed by atoms with E-state index in [1.807, 2.05) is 31.2 Å². The zero-order valence-corrected chi connectivity index (χ0v) is 14.6. The molecule has 2 rings (SSSR count). The SMILES string of the molecule is Cc1ccc(S(=O)(=O)N/N=C/CCc2ccc(Br)cc2)cc1. The number of hydrogen-bond acceptors (Lipinski definition) is 3. The second-order valence-corrected chi connectivity index (χ2v) is 7.46. The third-order valence-electron chi connectivity index (χ3n) is 3.07. The maximum atomic E-state index is 12.0. The van der Waals surface area contributed by atoms with Crippen LogP contribution in [0.3, 0.4) is 0 Å². The molecule has 0 amide bonds. The van der Waals surface area contributed by atoms with Crippen LogP contribution in [0.1, 0.15) is 17.5 Å². The lowest BCUT2D eigenvalue weighted by Crippen LogP contribution is -2.18. The van der Waals surface area contributed by atoms with E-state index in [-0.39, 0.29) is 4.90 Å². The van der Waals surface area contributed by atoms with Gasteiger partial charge < -0.3 is 0 Å². The zero-order valence-electron chi connectivity index (χ0n) is 12.2. The van der Waals surface area contributed by atoms with Crippen LogP contribution in [0.15, 0.2) is 63.0 Å². The molecule has 0 saturated carbocycles. The fourth-order valence-corrected chi connectivity index (χ4v) is 2.90. The second kappa shape index (κ2) is 7.56. The molecule has 0 saturated heterocycles. The van der Waals surface area contributed by atoms with Crippen LogP contribution in [0, 0.1) is 6.92 Å². The van der Waals surface area contributed by atoms with Crippen molar-refractivity contribution in [2.24, 2.45) is 5.10 Å². The summed E-state index contributed by atoms with van der Waals surface area (Å²) in [5.41, 5.74) is 2.19. The van der Waals surface area contributed by atoms with E-state index in [2.05, 4.69) is 25.9 Å². The smallest absolute Gasteiger partial charge is 0.200 e. The number of sulfonamides is 1. The van der Waals surface area contributed by atoms with Gasteiger partial charge in [0.2, 0.25) is 0 Å². The van der Waals surface area contributed by atoms with Crippen molar-refractivity contribution in [1.29, 1.82) is 0 Å². The van der Waals surface area contributed by atoms with E-state index in [1.165, 1.54) is 5.56 Å². The van der Waals surface area contributed by atoms with Crippen molar-refractivity contribution in [3.8, 4) is 0 Å². The van der Waals surface area contributed by atoms with Gasteiger partial charge in [0.05, 0.1) is 4.90 Å².